The van der Waals surface area contributed by atoms with E-state index in [1.807, 2.05) is 0 Å². The Morgan fingerprint density at radius 3 is 2.80 bits per heavy atom. The van der Waals surface area contributed by atoms with Crippen LogP contribution in [0, 0.1) is 16.0 Å². The van der Waals surface area contributed by atoms with E-state index in [4.69, 9.17) is 5.84 Å². The number of rotatable bonds is 3. The Kier molecular flexibility index (Phi) is 3.06. The van der Waals surface area contributed by atoms with Crippen LogP contribution in [0.15, 0.2) is 18.2 Å². The summed E-state index contributed by atoms with van der Waals surface area (Å²) in [7, 11) is 0. The molecule has 106 valence electrons. The first kappa shape index (κ1) is 12.9. The lowest BCUT2D eigenvalue weighted by atomic mass is 10.1. The average molecular weight is 276 g/mol. The molecule has 1 aliphatic carbocycles. The minimum Gasteiger partial charge on any atom is -0.335 e. The van der Waals surface area contributed by atoms with E-state index in [9.17, 15) is 14.9 Å². The number of hydrazine groups is 1. The zero-order valence-corrected chi connectivity index (χ0v) is 10.9. The van der Waals surface area contributed by atoms with E-state index in [0.29, 0.717) is 12.5 Å². The standard InChI is InChI=1S/C13H16N4O3/c14-15-11-3-1-2-10(12(11)17(19)20)13(18)16-7-8-4-5-9(16)6-8/h1-3,8-9,15H,4-7,14H2. The molecule has 1 amide bonds. The van der Waals surface area contributed by atoms with Crippen molar-refractivity contribution in [2.24, 2.45) is 11.8 Å². The highest BCUT2D eigenvalue weighted by Crippen LogP contribution is 2.39. The largest absolute Gasteiger partial charge is 0.335 e. The quantitative estimate of drug-likeness (QED) is 0.495. The third-order valence-electron chi connectivity index (χ3n) is 4.27. The summed E-state index contributed by atoms with van der Waals surface area (Å²) in [5.41, 5.74) is 2.30. The Morgan fingerprint density at radius 2 is 2.25 bits per heavy atom. The first-order chi connectivity index (χ1) is 9.61. The van der Waals surface area contributed by atoms with E-state index in [-0.39, 0.29) is 28.9 Å². The van der Waals surface area contributed by atoms with Gasteiger partial charge < -0.3 is 10.3 Å². The lowest BCUT2D eigenvalue weighted by Crippen LogP contribution is -2.38. The van der Waals surface area contributed by atoms with Crippen LogP contribution in [0.4, 0.5) is 11.4 Å². The highest BCUT2D eigenvalue weighted by atomic mass is 16.6. The molecule has 1 heterocycles. The van der Waals surface area contributed by atoms with Crippen LogP contribution in [-0.2, 0) is 0 Å². The molecule has 1 saturated carbocycles. The van der Waals surface area contributed by atoms with Gasteiger partial charge in [0.15, 0.2) is 0 Å². The molecule has 1 aromatic rings. The number of carbonyl (C=O) groups is 1. The van der Waals surface area contributed by atoms with Crippen LogP contribution >= 0.6 is 0 Å². The van der Waals surface area contributed by atoms with Crippen LogP contribution in [0.2, 0.25) is 0 Å². The number of nitrogens with two attached hydrogens (primary N) is 1. The van der Waals surface area contributed by atoms with E-state index in [2.05, 4.69) is 5.43 Å². The summed E-state index contributed by atoms with van der Waals surface area (Å²) in [5, 5.41) is 11.2. The van der Waals surface area contributed by atoms with Crippen molar-refractivity contribution < 1.29 is 9.72 Å². The Hall–Kier alpha value is -2.15. The van der Waals surface area contributed by atoms with E-state index < -0.39 is 4.92 Å². The molecule has 7 nitrogen and oxygen atoms in total. The third-order valence-corrected chi connectivity index (χ3v) is 4.27. The fourth-order valence-electron chi connectivity index (χ4n) is 3.36. The highest BCUT2D eigenvalue weighted by Gasteiger charge is 2.42. The normalized spacial score (nSPS) is 23.9. The van der Waals surface area contributed by atoms with Gasteiger partial charge in [0, 0.05) is 12.6 Å². The number of anilines is 1. The van der Waals surface area contributed by atoms with Crippen LogP contribution in [0.5, 0.6) is 0 Å². The molecule has 1 aliphatic heterocycles. The number of amides is 1. The number of nitro groups is 1. The molecule has 1 aromatic carbocycles. The number of likely N-dealkylation sites (tertiary alicyclic amines) is 1. The van der Waals surface area contributed by atoms with Gasteiger partial charge in [-0.05, 0) is 37.3 Å². The number of hydrogen-bond donors (Lipinski definition) is 2. The molecule has 2 atom stereocenters. The van der Waals surface area contributed by atoms with Crippen molar-refractivity contribution in [1.29, 1.82) is 0 Å². The average Bonchev–Trinajstić information content (AvgIpc) is 3.08. The molecule has 2 bridgehead atoms. The van der Waals surface area contributed by atoms with Crippen LogP contribution in [0.3, 0.4) is 0 Å². The second-order valence-electron chi connectivity index (χ2n) is 5.39. The Balaban J connectivity index is 1.97. The summed E-state index contributed by atoms with van der Waals surface area (Å²) < 4.78 is 0. The Labute approximate surface area is 115 Å². The number of nitrogen functional groups attached to an aromatic ring is 1. The molecule has 2 aliphatic rings. The first-order valence-electron chi connectivity index (χ1n) is 6.66. The van der Waals surface area contributed by atoms with Crippen molar-refractivity contribution in [1.82, 2.24) is 4.90 Å². The smallest absolute Gasteiger partial charge is 0.306 e. The Bertz CT molecular complexity index is 575. The Morgan fingerprint density at radius 1 is 1.45 bits per heavy atom. The minimum absolute atomic E-state index is 0.109. The summed E-state index contributed by atoms with van der Waals surface area (Å²) in [4.78, 5) is 25.0. The molecule has 0 aromatic heterocycles. The minimum atomic E-state index is -0.559. The van der Waals surface area contributed by atoms with Gasteiger partial charge in [0.2, 0.25) is 0 Å². The van der Waals surface area contributed by atoms with Gasteiger partial charge in [-0.25, -0.2) is 0 Å². The van der Waals surface area contributed by atoms with E-state index >= 15 is 0 Å². The predicted molar refractivity (Wildman–Crippen MR) is 73.1 cm³/mol. The number of carbonyl (C=O) groups excluding carboxylic acids is 1. The van der Waals surface area contributed by atoms with Crippen LogP contribution in [0.25, 0.3) is 0 Å². The molecule has 7 heteroatoms. The van der Waals surface area contributed by atoms with Gasteiger partial charge in [-0.1, -0.05) is 6.07 Å². The number of nitrogens with zero attached hydrogens (tertiary/aromatic N) is 2. The van der Waals surface area contributed by atoms with Gasteiger partial charge in [0.05, 0.1) is 4.92 Å². The molecular weight excluding hydrogens is 260 g/mol. The van der Waals surface area contributed by atoms with Gasteiger partial charge >= 0.3 is 5.69 Å². The van der Waals surface area contributed by atoms with E-state index in [0.717, 1.165) is 19.3 Å². The van der Waals surface area contributed by atoms with Crippen LogP contribution in [0.1, 0.15) is 29.6 Å². The number of benzene rings is 1. The summed E-state index contributed by atoms with van der Waals surface area (Å²) >= 11 is 0. The first-order valence-corrected chi connectivity index (χ1v) is 6.66. The maximum absolute atomic E-state index is 12.6. The number of nitro benzene ring substituents is 1. The molecule has 2 unspecified atom stereocenters. The van der Waals surface area contributed by atoms with Gasteiger partial charge in [-0.3, -0.25) is 20.8 Å². The summed E-state index contributed by atoms with van der Waals surface area (Å²) in [6.07, 6.45) is 3.17. The van der Waals surface area contributed by atoms with Crippen molar-refractivity contribution in [3.63, 3.8) is 0 Å². The fourth-order valence-corrected chi connectivity index (χ4v) is 3.36. The monoisotopic (exact) mass is 276 g/mol. The number of fused-ring (bicyclic) bond motifs is 2. The summed E-state index contributed by atoms with van der Waals surface area (Å²) in [6.45, 7) is 0.709. The lowest BCUT2D eigenvalue weighted by molar-refractivity contribution is -0.384. The molecule has 3 N–H and O–H groups in total. The molecule has 0 spiro atoms. The fraction of sp³-hybridized carbons (Fsp3) is 0.462. The van der Waals surface area contributed by atoms with E-state index in [1.165, 1.54) is 12.1 Å². The SMILES string of the molecule is NNc1cccc(C(=O)N2CC3CCC2C3)c1[N+](=O)[O-]. The number of para-hydroxylation sites is 1. The number of hydrogen-bond acceptors (Lipinski definition) is 5. The molecule has 0 radical (unpaired) electrons. The van der Waals surface area contributed by atoms with Gasteiger partial charge in [-0.2, -0.15) is 0 Å². The number of nitrogens with one attached hydrogen (secondary N) is 1. The topological polar surface area (TPSA) is 102 Å². The second-order valence-corrected chi connectivity index (χ2v) is 5.39. The zero-order chi connectivity index (χ0) is 14.3. The molecule has 3 rings (SSSR count). The van der Waals surface area contributed by atoms with Crippen molar-refractivity contribution in [3.8, 4) is 0 Å². The van der Waals surface area contributed by atoms with Crippen LogP contribution in [-0.4, -0.2) is 28.3 Å². The van der Waals surface area contributed by atoms with Crippen molar-refractivity contribution in [2.45, 2.75) is 25.3 Å². The molecule has 1 saturated heterocycles. The maximum atomic E-state index is 12.6. The zero-order valence-electron chi connectivity index (χ0n) is 10.9. The highest BCUT2D eigenvalue weighted by molar-refractivity contribution is 6.00. The number of piperidine rings is 1. The summed E-state index contributed by atoms with van der Waals surface area (Å²) in [6, 6.07) is 4.82. The third kappa shape index (κ3) is 1.90. The predicted octanol–water partition coefficient (Wildman–Crippen LogP) is 1.50. The summed E-state index contributed by atoms with van der Waals surface area (Å²) in [5.74, 6) is 5.58. The van der Waals surface area contributed by atoms with Gasteiger partial charge in [-0.15, -0.1) is 0 Å². The molecule has 20 heavy (non-hydrogen) atoms. The maximum Gasteiger partial charge on any atom is 0.306 e. The van der Waals surface area contributed by atoms with Gasteiger partial charge in [0.1, 0.15) is 11.3 Å². The van der Waals surface area contributed by atoms with Crippen molar-refractivity contribution in [2.75, 3.05) is 12.0 Å². The second kappa shape index (κ2) is 4.75. The van der Waals surface area contributed by atoms with E-state index in [1.54, 1.807) is 11.0 Å². The van der Waals surface area contributed by atoms with Gasteiger partial charge in [0.25, 0.3) is 5.91 Å². The van der Waals surface area contributed by atoms with Crippen molar-refractivity contribution in [3.05, 3.63) is 33.9 Å². The van der Waals surface area contributed by atoms with Crippen molar-refractivity contribution >= 4 is 17.3 Å². The molecular formula is C13H16N4O3. The lowest BCUT2D eigenvalue weighted by Gasteiger charge is -2.27. The van der Waals surface area contributed by atoms with Crippen LogP contribution < -0.4 is 11.3 Å². The molecule has 2 fully saturated rings.